The molecule has 0 spiro atoms. The molecule has 1 aromatic heterocycles. The Morgan fingerprint density at radius 2 is 0.722 bits per heavy atom. The summed E-state index contributed by atoms with van der Waals surface area (Å²) in [6.07, 6.45) is 0. The fourth-order valence-corrected chi connectivity index (χ4v) is 7.59. The van der Waals surface area contributed by atoms with Gasteiger partial charge in [0.2, 0.25) is 0 Å². The predicted octanol–water partition coefficient (Wildman–Crippen LogP) is 14.9. The molecule has 0 radical (unpaired) electrons. The van der Waals surface area contributed by atoms with Crippen LogP contribution in [0.4, 0.5) is 17.1 Å². The Hall–Kier alpha value is -7.16. The van der Waals surface area contributed by atoms with E-state index in [1.807, 2.05) is 18.2 Å². The van der Waals surface area contributed by atoms with Gasteiger partial charge in [-0.15, -0.1) is 0 Å². The van der Waals surface area contributed by atoms with Crippen molar-refractivity contribution in [2.75, 3.05) is 4.90 Å². The standard InChI is InChI=1S/C52H35NO/c1-3-11-40-32-44(21-19-36(40)9-1)39-25-29-49(30-26-39)53(50-17-8-16-46(34-50)52-35-47-13-5-6-18-51(47)54-52)48-27-23-38(24-28-48)42-14-7-15-43(31-42)45-22-20-37-10-2-4-12-41(37)33-45/h1-35H. The Labute approximate surface area is 314 Å². The van der Waals surface area contributed by atoms with Crippen LogP contribution < -0.4 is 4.90 Å². The number of anilines is 3. The molecule has 0 saturated heterocycles. The van der Waals surface area contributed by atoms with Gasteiger partial charge in [0.15, 0.2) is 0 Å². The largest absolute Gasteiger partial charge is 0.456 e. The van der Waals surface area contributed by atoms with Gasteiger partial charge >= 0.3 is 0 Å². The van der Waals surface area contributed by atoms with Crippen molar-refractivity contribution in [3.05, 3.63) is 212 Å². The van der Waals surface area contributed by atoms with Crippen LogP contribution in [0.3, 0.4) is 0 Å². The van der Waals surface area contributed by atoms with Crippen molar-refractivity contribution in [3.63, 3.8) is 0 Å². The van der Waals surface area contributed by atoms with E-state index in [1.165, 1.54) is 54.9 Å². The van der Waals surface area contributed by atoms with Crippen molar-refractivity contribution in [2.24, 2.45) is 0 Å². The zero-order valence-corrected chi connectivity index (χ0v) is 29.6. The van der Waals surface area contributed by atoms with E-state index in [0.717, 1.165) is 39.4 Å². The van der Waals surface area contributed by atoms with E-state index in [0.29, 0.717) is 0 Å². The lowest BCUT2D eigenvalue weighted by Gasteiger charge is -2.26. The van der Waals surface area contributed by atoms with Crippen LogP contribution >= 0.6 is 0 Å². The highest BCUT2D eigenvalue weighted by atomic mass is 16.3. The first kappa shape index (κ1) is 31.6. The lowest BCUT2D eigenvalue weighted by atomic mass is 9.97. The Balaban J connectivity index is 1.02. The maximum atomic E-state index is 6.30. The fraction of sp³-hybridized carbons (Fsp3) is 0. The molecule has 9 aromatic carbocycles. The van der Waals surface area contributed by atoms with Crippen molar-refractivity contribution < 1.29 is 4.42 Å². The SMILES string of the molecule is c1cc(-c2ccc(N(c3ccc(-c4ccc5ccccc5c4)cc3)c3cccc(-c4cc5ccccc5o4)c3)cc2)cc(-c2ccc3ccccc3c2)c1. The van der Waals surface area contributed by atoms with Gasteiger partial charge in [-0.2, -0.15) is 0 Å². The zero-order chi connectivity index (χ0) is 35.8. The number of furan rings is 1. The smallest absolute Gasteiger partial charge is 0.135 e. The van der Waals surface area contributed by atoms with E-state index in [4.69, 9.17) is 4.42 Å². The Morgan fingerprint density at radius 1 is 0.259 bits per heavy atom. The first-order chi connectivity index (χ1) is 26.7. The van der Waals surface area contributed by atoms with Gasteiger partial charge in [-0.25, -0.2) is 0 Å². The summed E-state index contributed by atoms with van der Waals surface area (Å²) in [7, 11) is 0. The molecule has 10 aromatic rings. The van der Waals surface area contributed by atoms with E-state index >= 15 is 0 Å². The average molecular weight is 690 g/mol. The highest BCUT2D eigenvalue weighted by Gasteiger charge is 2.16. The molecule has 0 fully saturated rings. The van der Waals surface area contributed by atoms with Crippen molar-refractivity contribution >= 4 is 49.6 Å². The number of hydrogen-bond donors (Lipinski definition) is 0. The molecule has 2 nitrogen and oxygen atoms in total. The summed E-state index contributed by atoms with van der Waals surface area (Å²) in [4.78, 5) is 2.33. The molecular weight excluding hydrogens is 655 g/mol. The number of benzene rings is 9. The number of rotatable bonds is 7. The van der Waals surface area contributed by atoms with Crippen LogP contribution in [0.1, 0.15) is 0 Å². The van der Waals surface area contributed by atoms with Gasteiger partial charge in [0.05, 0.1) is 0 Å². The molecule has 0 aliphatic carbocycles. The third kappa shape index (κ3) is 6.00. The van der Waals surface area contributed by atoms with Gasteiger partial charge in [-0.3, -0.25) is 0 Å². The summed E-state index contributed by atoms with van der Waals surface area (Å²) in [5.41, 5.74) is 12.3. The molecule has 2 heteroatoms. The van der Waals surface area contributed by atoms with Gasteiger partial charge in [0.25, 0.3) is 0 Å². The lowest BCUT2D eigenvalue weighted by Crippen LogP contribution is -2.10. The van der Waals surface area contributed by atoms with E-state index in [2.05, 4.69) is 199 Å². The Bertz CT molecular complexity index is 2900. The van der Waals surface area contributed by atoms with Crippen molar-refractivity contribution in [1.29, 1.82) is 0 Å². The molecule has 10 rings (SSSR count). The summed E-state index contributed by atoms with van der Waals surface area (Å²) >= 11 is 0. The van der Waals surface area contributed by atoms with Crippen molar-refractivity contribution in [1.82, 2.24) is 0 Å². The highest BCUT2D eigenvalue weighted by molar-refractivity contribution is 5.90. The molecule has 0 bridgehead atoms. The number of hydrogen-bond acceptors (Lipinski definition) is 2. The zero-order valence-electron chi connectivity index (χ0n) is 29.6. The molecule has 0 aliphatic heterocycles. The van der Waals surface area contributed by atoms with Crippen LogP contribution in [-0.2, 0) is 0 Å². The molecule has 0 aliphatic rings. The average Bonchev–Trinajstić information content (AvgIpc) is 3.69. The van der Waals surface area contributed by atoms with Gasteiger partial charge in [0, 0.05) is 28.0 Å². The second-order valence-electron chi connectivity index (χ2n) is 13.8. The normalized spacial score (nSPS) is 11.3. The molecule has 0 atom stereocenters. The molecule has 0 unspecified atom stereocenters. The topological polar surface area (TPSA) is 16.4 Å². The minimum atomic E-state index is 0.853. The number of para-hydroxylation sites is 1. The molecule has 54 heavy (non-hydrogen) atoms. The lowest BCUT2D eigenvalue weighted by molar-refractivity contribution is 0.631. The van der Waals surface area contributed by atoms with Crippen LogP contribution in [0.2, 0.25) is 0 Å². The third-order valence-electron chi connectivity index (χ3n) is 10.4. The van der Waals surface area contributed by atoms with Crippen LogP contribution in [0.25, 0.3) is 77.2 Å². The molecule has 254 valence electrons. The van der Waals surface area contributed by atoms with Crippen molar-refractivity contribution in [3.8, 4) is 44.7 Å². The third-order valence-corrected chi connectivity index (χ3v) is 10.4. The predicted molar refractivity (Wildman–Crippen MR) is 228 cm³/mol. The van der Waals surface area contributed by atoms with Gasteiger partial charge in [-0.05, 0) is 122 Å². The first-order valence-corrected chi connectivity index (χ1v) is 18.4. The molecule has 0 saturated carbocycles. The molecular formula is C52H35NO. The monoisotopic (exact) mass is 689 g/mol. The minimum Gasteiger partial charge on any atom is -0.456 e. The summed E-state index contributed by atoms with van der Waals surface area (Å²) in [5, 5.41) is 6.09. The van der Waals surface area contributed by atoms with Gasteiger partial charge in [0.1, 0.15) is 11.3 Å². The van der Waals surface area contributed by atoms with E-state index in [9.17, 15) is 0 Å². The van der Waals surface area contributed by atoms with Crippen molar-refractivity contribution in [2.45, 2.75) is 0 Å². The van der Waals surface area contributed by atoms with Gasteiger partial charge < -0.3 is 9.32 Å². The molecule has 0 amide bonds. The summed E-state index contributed by atoms with van der Waals surface area (Å²) in [5.74, 6) is 0.853. The van der Waals surface area contributed by atoms with Crippen LogP contribution in [-0.4, -0.2) is 0 Å². The number of fused-ring (bicyclic) bond motifs is 3. The van der Waals surface area contributed by atoms with E-state index in [1.54, 1.807) is 0 Å². The van der Waals surface area contributed by atoms with E-state index in [-0.39, 0.29) is 0 Å². The first-order valence-electron chi connectivity index (χ1n) is 18.4. The number of nitrogens with zero attached hydrogens (tertiary/aromatic N) is 1. The van der Waals surface area contributed by atoms with Crippen LogP contribution in [0.15, 0.2) is 217 Å². The minimum absolute atomic E-state index is 0.853. The Kier molecular flexibility index (Phi) is 7.85. The maximum Gasteiger partial charge on any atom is 0.135 e. The molecule has 0 N–H and O–H groups in total. The second-order valence-corrected chi connectivity index (χ2v) is 13.8. The van der Waals surface area contributed by atoms with Crippen LogP contribution in [0.5, 0.6) is 0 Å². The second kappa shape index (κ2) is 13.4. The van der Waals surface area contributed by atoms with Crippen LogP contribution in [0, 0.1) is 0 Å². The fourth-order valence-electron chi connectivity index (χ4n) is 7.59. The quantitative estimate of drug-likeness (QED) is 0.166. The Morgan fingerprint density at radius 3 is 1.33 bits per heavy atom. The maximum absolute atomic E-state index is 6.30. The summed E-state index contributed by atoms with van der Waals surface area (Å²) in [6.45, 7) is 0. The van der Waals surface area contributed by atoms with Gasteiger partial charge in [-0.1, -0.05) is 146 Å². The molecule has 1 heterocycles. The highest BCUT2D eigenvalue weighted by Crippen LogP contribution is 2.40. The van der Waals surface area contributed by atoms with E-state index < -0.39 is 0 Å². The summed E-state index contributed by atoms with van der Waals surface area (Å²) < 4.78 is 6.30. The summed E-state index contributed by atoms with van der Waals surface area (Å²) in [6, 6.07) is 76.0.